The lowest BCUT2D eigenvalue weighted by Gasteiger charge is -2.42. The second-order valence-corrected chi connectivity index (χ2v) is 13.5. The van der Waals surface area contributed by atoms with E-state index >= 15 is 0 Å². The van der Waals surface area contributed by atoms with Gasteiger partial charge in [-0.25, -0.2) is 9.59 Å². The van der Waals surface area contributed by atoms with Crippen LogP contribution in [-0.4, -0.2) is 102 Å². The molecular weight excluding hydrogens is 1010 g/mol. The Hall–Kier alpha value is -3.49. The van der Waals surface area contributed by atoms with Crippen LogP contribution in [0.1, 0.15) is 281 Å². The lowest BCUT2D eigenvalue weighted by Crippen LogP contribution is -2.63. The predicted molar refractivity (Wildman–Crippen MR) is 378 cm³/mol. The molecule has 4 rings (SSSR count). The molecule has 3 aliphatic heterocycles. The number of rotatable bonds is 5. The number of fused-ring (bicyclic) bond motifs is 5. The van der Waals surface area contributed by atoms with Crippen molar-refractivity contribution in [2.45, 2.75) is 325 Å². The predicted octanol–water partition coefficient (Wildman–Crippen LogP) is 22.1. The Bertz CT molecular complexity index is 1510. The van der Waals surface area contributed by atoms with Crippen molar-refractivity contribution >= 4 is 41.2 Å². The molecule has 0 radical (unpaired) electrons. The van der Waals surface area contributed by atoms with Gasteiger partial charge in [0.1, 0.15) is 30.0 Å². The molecule has 13 nitrogen and oxygen atoms in total. The van der Waals surface area contributed by atoms with E-state index in [1.54, 1.807) is 45.2 Å². The second-order valence-electron chi connectivity index (χ2n) is 13.1. The van der Waals surface area contributed by atoms with Gasteiger partial charge >= 0.3 is 12.1 Å². The largest absolute Gasteiger partial charge is 0.457 e. The van der Waals surface area contributed by atoms with E-state index in [0.717, 1.165) is 11.1 Å². The standard InChI is InChI=1S/C34H46ClN3O10.30CH4/c1-18-10-9-11-26(45-8)34(44)16-25(46-32(43)36-34)19(2)30-33(5,48-30)27(47-31(42)20(3)37(6)21(4)40)15-28(41)38(7)24-14-22(12-18)13-23(17-39)29(24)35;;;;;;;;;;;;;;;;;;;;;;;;;;;;;;/h9-11,13-14,19-20,25-27,30,39,44H,12,15-17H2,1-8H3,(H,36,43);30*1H4/b11-9+,18-10+;;;;;;;;;;;;;;;;;;;;;;;;;;;;;;/t19-,20+,25+,26-,27+,30?,33+,34+;;;;;;;;;;;;;;;;;;;;;;;;;;;;;;/m1............................../s1. The first kappa shape index (κ1) is 178. The average molecular weight is 1170 g/mol. The first-order valence-electron chi connectivity index (χ1n) is 15.8. The molecule has 3 aliphatic rings. The number of aliphatic hydroxyl groups is 2. The number of carbonyl (C=O) groups excluding carboxylic acids is 4. The Kier molecular flexibility index (Phi) is 164. The van der Waals surface area contributed by atoms with E-state index in [2.05, 4.69) is 5.32 Å². The number of nitrogens with one attached hydrogen (secondary N) is 1. The van der Waals surface area contributed by atoms with Crippen LogP contribution in [0, 0.1) is 5.92 Å². The van der Waals surface area contributed by atoms with Gasteiger partial charge in [-0.3, -0.25) is 14.9 Å². The molecule has 14 heteroatoms. The number of allylic oxidation sites excluding steroid dienone is 3. The van der Waals surface area contributed by atoms with Gasteiger partial charge in [0, 0.05) is 40.5 Å². The Balaban J connectivity index is -0.0000000347. The minimum Gasteiger partial charge on any atom is -0.457 e. The van der Waals surface area contributed by atoms with Crippen LogP contribution in [0.3, 0.4) is 0 Å². The molecule has 3 heterocycles. The highest BCUT2D eigenvalue weighted by Crippen LogP contribution is 2.49. The summed E-state index contributed by atoms with van der Waals surface area (Å²) in [6.45, 7) is 7.86. The summed E-state index contributed by atoms with van der Waals surface area (Å²) in [6, 6.07) is 2.56. The summed E-state index contributed by atoms with van der Waals surface area (Å²) >= 11 is 6.67. The van der Waals surface area contributed by atoms with Crippen molar-refractivity contribution in [3.63, 3.8) is 0 Å². The van der Waals surface area contributed by atoms with Crippen LogP contribution < -0.4 is 10.2 Å². The number of methoxy groups -OCH3 is 1. The number of ether oxygens (including phenoxy) is 4. The maximum Gasteiger partial charge on any atom is 0.409 e. The van der Waals surface area contributed by atoms with E-state index in [1.807, 2.05) is 13.0 Å². The van der Waals surface area contributed by atoms with Crippen LogP contribution in [0.15, 0.2) is 35.9 Å². The van der Waals surface area contributed by atoms with Crippen molar-refractivity contribution in [2.75, 3.05) is 26.1 Å². The molecule has 504 valence electrons. The van der Waals surface area contributed by atoms with Gasteiger partial charge in [-0.1, -0.05) is 271 Å². The van der Waals surface area contributed by atoms with Crippen molar-refractivity contribution in [1.82, 2.24) is 10.2 Å². The number of nitrogens with zero attached hydrogens (tertiary/aromatic N) is 2. The summed E-state index contributed by atoms with van der Waals surface area (Å²) in [5.41, 5.74) is -0.565. The number of epoxide rings is 1. The molecule has 2 saturated heterocycles. The minimum atomic E-state index is -1.83. The number of carbonyl (C=O) groups is 4. The van der Waals surface area contributed by atoms with Crippen LogP contribution >= 0.6 is 11.6 Å². The third kappa shape index (κ3) is 39.0. The highest BCUT2D eigenvalue weighted by atomic mass is 35.5. The number of halogens is 1. The number of benzene rings is 1. The number of alkyl carbamates (subject to hydrolysis) is 1. The Morgan fingerprint density at radius 1 is 0.808 bits per heavy atom. The van der Waals surface area contributed by atoms with E-state index in [1.165, 1.54) is 37.8 Å². The summed E-state index contributed by atoms with van der Waals surface area (Å²) in [5.74, 6) is -2.06. The molecule has 0 aromatic heterocycles. The van der Waals surface area contributed by atoms with Gasteiger partial charge in [-0.15, -0.1) is 0 Å². The van der Waals surface area contributed by atoms with Gasteiger partial charge in [0.2, 0.25) is 11.8 Å². The summed E-state index contributed by atoms with van der Waals surface area (Å²) in [4.78, 5) is 54.6. The Morgan fingerprint density at radius 2 is 1.23 bits per heavy atom. The number of hydrogen-bond donors (Lipinski definition) is 3. The Labute approximate surface area is 506 Å². The maximum atomic E-state index is 13.9. The Morgan fingerprint density at radius 3 is 1.62 bits per heavy atom. The topological polar surface area (TPSA) is 167 Å². The van der Waals surface area contributed by atoms with Crippen LogP contribution in [0.25, 0.3) is 0 Å². The van der Waals surface area contributed by atoms with E-state index in [-0.39, 0.29) is 253 Å². The fourth-order valence-electron chi connectivity index (χ4n) is 6.34. The fourth-order valence-corrected chi connectivity index (χ4v) is 6.63. The number of likely N-dealkylation sites (N-methyl/N-ethyl adjacent to an activating group) is 1. The zero-order valence-electron chi connectivity index (χ0n) is 28.6. The molecule has 1 aromatic carbocycles. The average Bonchev–Trinajstić information content (AvgIpc) is 3.73. The number of esters is 1. The molecule has 3 N–H and O–H groups in total. The van der Waals surface area contributed by atoms with Crippen LogP contribution in [0.4, 0.5) is 10.5 Å². The molecule has 1 aromatic rings. The number of aliphatic hydroxyl groups excluding tert-OH is 1. The molecule has 0 saturated carbocycles. The van der Waals surface area contributed by atoms with E-state index in [9.17, 15) is 29.4 Å². The number of hydrogen-bond acceptors (Lipinski definition) is 10. The number of amides is 3. The summed E-state index contributed by atoms with van der Waals surface area (Å²) < 4.78 is 23.3. The maximum absolute atomic E-state index is 13.9. The van der Waals surface area contributed by atoms with Crippen molar-refractivity contribution < 1.29 is 48.3 Å². The molecule has 78 heavy (non-hydrogen) atoms. The summed E-state index contributed by atoms with van der Waals surface area (Å²) in [5, 5.41) is 24.4. The van der Waals surface area contributed by atoms with Gasteiger partial charge in [0.15, 0.2) is 5.72 Å². The normalized spacial score (nSPS) is 20.5. The third-order valence-corrected chi connectivity index (χ3v) is 10.1. The highest BCUT2D eigenvalue weighted by Gasteiger charge is 2.64. The lowest BCUT2D eigenvalue weighted by atomic mass is 9.83. The van der Waals surface area contributed by atoms with Gasteiger partial charge in [0.05, 0.1) is 29.8 Å². The van der Waals surface area contributed by atoms with Crippen molar-refractivity contribution in [2.24, 2.45) is 5.92 Å². The van der Waals surface area contributed by atoms with Crippen molar-refractivity contribution in [1.29, 1.82) is 0 Å². The van der Waals surface area contributed by atoms with Gasteiger partial charge in [0.25, 0.3) is 0 Å². The molecule has 2 fully saturated rings. The van der Waals surface area contributed by atoms with Gasteiger partial charge in [-0.05, 0) is 44.4 Å². The zero-order valence-corrected chi connectivity index (χ0v) is 29.4. The van der Waals surface area contributed by atoms with Crippen molar-refractivity contribution in [3.05, 3.63) is 52.1 Å². The van der Waals surface area contributed by atoms with Crippen LogP contribution in [-0.2, 0) is 46.4 Å². The lowest BCUT2D eigenvalue weighted by molar-refractivity contribution is -0.161. The molecule has 0 aliphatic carbocycles. The molecule has 1 unspecified atom stereocenters. The first-order chi connectivity index (χ1) is 22.4. The first-order valence-corrected chi connectivity index (χ1v) is 16.2. The third-order valence-electron chi connectivity index (χ3n) is 9.69. The highest BCUT2D eigenvalue weighted by molar-refractivity contribution is 6.34. The quantitative estimate of drug-likeness (QED) is 0.191. The smallest absolute Gasteiger partial charge is 0.409 e. The second kappa shape index (κ2) is 71.5. The monoisotopic (exact) mass is 1170 g/mol. The van der Waals surface area contributed by atoms with Crippen LogP contribution in [0.2, 0.25) is 5.02 Å². The summed E-state index contributed by atoms with van der Waals surface area (Å²) in [7, 11) is 4.44. The number of anilines is 1. The SMILES string of the molecule is C.C.C.C.C.C.C.C.C.C.C.C.C.C.C.C.C.C.C.C.C.C.C.C.C.C.C.C.C.C.CO[C@@H]1/C=C/C=C(\C)Cc2cc(CO)c(Cl)c(c2)N(C)C(=O)C[C@H](OC(=O)[C@H](C)N(C)C(C)=O)[C@]2(C)OC2[C@H](C)[C@@H]2C[C@@]1(O)NC(=O)O2. The van der Waals surface area contributed by atoms with E-state index in [4.69, 9.17) is 30.5 Å². The van der Waals surface area contributed by atoms with E-state index < -0.39 is 65.7 Å². The molecule has 0 spiro atoms. The van der Waals surface area contributed by atoms with Gasteiger partial charge in [-0.2, -0.15) is 0 Å². The van der Waals surface area contributed by atoms with Crippen molar-refractivity contribution in [3.8, 4) is 0 Å². The zero-order chi connectivity index (χ0) is 35.7. The van der Waals surface area contributed by atoms with Gasteiger partial charge < -0.3 is 39.0 Å². The molecule has 3 amide bonds. The molecule has 8 atom stereocenters. The summed E-state index contributed by atoms with van der Waals surface area (Å²) in [6.07, 6.45) is 0.837. The minimum absolute atomic E-state index is 0. The van der Waals surface area contributed by atoms with Crippen LogP contribution in [0.5, 0.6) is 0 Å². The fraction of sp³-hybridized carbons (Fsp3) is 0.781. The van der Waals surface area contributed by atoms with E-state index in [0.29, 0.717) is 17.7 Å². The molecule has 4 bridgehead atoms. The molecular formula is C64H166ClN3O10.